The summed E-state index contributed by atoms with van der Waals surface area (Å²) < 4.78 is 1.58. The van der Waals surface area contributed by atoms with Crippen LogP contribution in [0, 0.1) is 10.1 Å². The molecule has 5 nitrogen and oxygen atoms in total. The van der Waals surface area contributed by atoms with Crippen molar-refractivity contribution in [2.75, 3.05) is 7.11 Å². The second-order valence-corrected chi connectivity index (χ2v) is 3.21. The standard InChI is InChI=1S/C11H10N2O3/c1-16-12-8-9(6-7-13(14)15)10-4-2-3-5-11(10)12/h2-8H,1H3. The third kappa shape index (κ3) is 1.75. The van der Waals surface area contributed by atoms with Crippen LogP contribution in [-0.2, 0) is 0 Å². The minimum absolute atomic E-state index is 0.487. The van der Waals surface area contributed by atoms with Crippen molar-refractivity contribution in [1.29, 1.82) is 0 Å². The summed E-state index contributed by atoms with van der Waals surface area (Å²) in [6, 6.07) is 7.55. The van der Waals surface area contributed by atoms with E-state index < -0.39 is 4.92 Å². The van der Waals surface area contributed by atoms with Crippen molar-refractivity contribution in [2.45, 2.75) is 0 Å². The van der Waals surface area contributed by atoms with Gasteiger partial charge in [0, 0.05) is 17.0 Å². The maximum Gasteiger partial charge on any atom is 0.235 e. The molecule has 0 saturated carbocycles. The van der Waals surface area contributed by atoms with E-state index in [9.17, 15) is 10.1 Å². The summed E-state index contributed by atoms with van der Waals surface area (Å²) in [4.78, 5) is 14.9. The third-order valence-corrected chi connectivity index (χ3v) is 2.28. The van der Waals surface area contributed by atoms with Gasteiger partial charge in [0.25, 0.3) is 0 Å². The molecule has 0 aliphatic carbocycles. The highest BCUT2D eigenvalue weighted by atomic mass is 16.6. The highest BCUT2D eigenvalue weighted by molar-refractivity contribution is 5.89. The van der Waals surface area contributed by atoms with Crippen LogP contribution in [0.25, 0.3) is 17.0 Å². The molecule has 1 heterocycles. The number of rotatable bonds is 3. The minimum atomic E-state index is -0.487. The number of nitrogens with zero attached hydrogens (tertiary/aromatic N) is 2. The molecule has 5 heteroatoms. The lowest BCUT2D eigenvalue weighted by Crippen LogP contribution is -2.02. The van der Waals surface area contributed by atoms with E-state index in [-0.39, 0.29) is 0 Å². The minimum Gasteiger partial charge on any atom is -0.417 e. The topological polar surface area (TPSA) is 57.3 Å². The van der Waals surface area contributed by atoms with Crippen LogP contribution in [-0.4, -0.2) is 16.8 Å². The predicted molar refractivity (Wildman–Crippen MR) is 60.5 cm³/mol. The Hall–Kier alpha value is -2.30. The maximum absolute atomic E-state index is 10.3. The van der Waals surface area contributed by atoms with Gasteiger partial charge in [-0.25, -0.2) is 0 Å². The van der Waals surface area contributed by atoms with Crippen molar-refractivity contribution in [2.24, 2.45) is 0 Å². The Balaban J connectivity index is 2.57. The molecule has 0 N–H and O–H groups in total. The van der Waals surface area contributed by atoms with Gasteiger partial charge in [-0.05, 0) is 6.07 Å². The molecule has 0 bridgehead atoms. The summed E-state index contributed by atoms with van der Waals surface area (Å²) in [5, 5.41) is 11.2. The molecule has 0 amide bonds. The predicted octanol–water partition coefficient (Wildman–Crippen LogP) is 1.95. The fraction of sp³-hybridized carbons (Fsp3) is 0.0909. The van der Waals surface area contributed by atoms with Gasteiger partial charge < -0.3 is 4.84 Å². The van der Waals surface area contributed by atoms with E-state index in [0.717, 1.165) is 22.7 Å². The lowest BCUT2D eigenvalue weighted by Gasteiger charge is -1.99. The molecule has 0 atom stereocenters. The van der Waals surface area contributed by atoms with E-state index in [4.69, 9.17) is 4.84 Å². The van der Waals surface area contributed by atoms with Gasteiger partial charge in [-0.15, -0.1) is 0 Å². The van der Waals surface area contributed by atoms with Gasteiger partial charge in [-0.2, -0.15) is 4.73 Å². The molecular weight excluding hydrogens is 208 g/mol. The first-order chi connectivity index (χ1) is 7.72. The zero-order chi connectivity index (χ0) is 11.5. The Kier molecular flexibility index (Phi) is 2.59. The van der Waals surface area contributed by atoms with Gasteiger partial charge in [0.05, 0.1) is 16.6 Å². The van der Waals surface area contributed by atoms with Crippen LogP contribution in [0.3, 0.4) is 0 Å². The van der Waals surface area contributed by atoms with Crippen molar-refractivity contribution in [3.63, 3.8) is 0 Å². The molecule has 0 fully saturated rings. The molecular formula is C11H10N2O3. The Morgan fingerprint density at radius 1 is 1.44 bits per heavy atom. The van der Waals surface area contributed by atoms with E-state index in [1.54, 1.807) is 18.0 Å². The fourth-order valence-electron chi connectivity index (χ4n) is 1.60. The Morgan fingerprint density at radius 3 is 2.88 bits per heavy atom. The van der Waals surface area contributed by atoms with E-state index in [1.807, 2.05) is 24.3 Å². The highest BCUT2D eigenvalue weighted by Crippen LogP contribution is 2.21. The van der Waals surface area contributed by atoms with Crippen molar-refractivity contribution in [3.8, 4) is 0 Å². The molecule has 0 saturated heterocycles. The lowest BCUT2D eigenvalue weighted by molar-refractivity contribution is -0.400. The number of hydrogen-bond acceptors (Lipinski definition) is 3. The summed E-state index contributed by atoms with van der Waals surface area (Å²) in [5.41, 5.74) is 1.64. The first-order valence-electron chi connectivity index (χ1n) is 4.68. The molecule has 82 valence electrons. The molecule has 0 spiro atoms. The van der Waals surface area contributed by atoms with Gasteiger partial charge in [0.15, 0.2) is 0 Å². The summed E-state index contributed by atoms with van der Waals surface area (Å²) >= 11 is 0. The highest BCUT2D eigenvalue weighted by Gasteiger charge is 2.06. The summed E-state index contributed by atoms with van der Waals surface area (Å²) in [7, 11) is 1.55. The van der Waals surface area contributed by atoms with Crippen LogP contribution in [0.4, 0.5) is 0 Å². The molecule has 0 aliphatic rings. The first-order valence-corrected chi connectivity index (χ1v) is 4.68. The molecule has 16 heavy (non-hydrogen) atoms. The van der Waals surface area contributed by atoms with Crippen molar-refractivity contribution in [1.82, 2.24) is 4.73 Å². The van der Waals surface area contributed by atoms with Crippen LogP contribution in [0.2, 0.25) is 0 Å². The van der Waals surface area contributed by atoms with Crippen LogP contribution >= 0.6 is 0 Å². The summed E-state index contributed by atoms with van der Waals surface area (Å²) in [6.07, 6.45) is 4.09. The average Bonchev–Trinajstić information content (AvgIpc) is 2.65. The smallest absolute Gasteiger partial charge is 0.235 e. The van der Waals surface area contributed by atoms with Crippen molar-refractivity contribution < 1.29 is 9.76 Å². The Bertz CT molecular complexity index is 557. The average molecular weight is 218 g/mol. The van der Waals surface area contributed by atoms with Crippen LogP contribution < -0.4 is 4.84 Å². The van der Waals surface area contributed by atoms with Crippen molar-refractivity contribution in [3.05, 3.63) is 52.3 Å². The third-order valence-electron chi connectivity index (χ3n) is 2.28. The molecule has 0 aliphatic heterocycles. The quantitative estimate of drug-likeness (QED) is 0.584. The van der Waals surface area contributed by atoms with Gasteiger partial charge in [0.2, 0.25) is 6.20 Å². The number of nitro groups is 1. The molecule has 0 radical (unpaired) electrons. The Labute approximate surface area is 91.7 Å². The maximum atomic E-state index is 10.3. The largest absolute Gasteiger partial charge is 0.417 e. The normalized spacial score (nSPS) is 11.1. The van der Waals surface area contributed by atoms with E-state index in [1.165, 1.54) is 6.08 Å². The number of fused-ring (bicyclic) bond motifs is 1. The zero-order valence-corrected chi connectivity index (χ0v) is 8.66. The van der Waals surface area contributed by atoms with Gasteiger partial charge >= 0.3 is 0 Å². The number of aromatic nitrogens is 1. The second kappa shape index (κ2) is 4.06. The van der Waals surface area contributed by atoms with Crippen LogP contribution in [0.15, 0.2) is 36.7 Å². The van der Waals surface area contributed by atoms with Crippen molar-refractivity contribution >= 4 is 17.0 Å². The lowest BCUT2D eigenvalue weighted by atomic mass is 10.2. The number of hydrogen-bond donors (Lipinski definition) is 0. The van der Waals surface area contributed by atoms with E-state index in [0.29, 0.717) is 0 Å². The van der Waals surface area contributed by atoms with Gasteiger partial charge in [-0.1, -0.05) is 18.2 Å². The first kappa shape index (κ1) is 10.2. The molecule has 2 aromatic rings. The van der Waals surface area contributed by atoms with E-state index >= 15 is 0 Å². The van der Waals surface area contributed by atoms with Crippen LogP contribution in [0.1, 0.15) is 5.56 Å². The fourth-order valence-corrected chi connectivity index (χ4v) is 1.60. The molecule has 1 aromatic heterocycles. The number of benzene rings is 1. The van der Waals surface area contributed by atoms with Crippen LogP contribution in [0.5, 0.6) is 0 Å². The Morgan fingerprint density at radius 2 is 2.19 bits per heavy atom. The monoisotopic (exact) mass is 218 g/mol. The second-order valence-electron chi connectivity index (χ2n) is 3.21. The number of para-hydroxylation sites is 1. The SMILES string of the molecule is COn1cc(C=C[N+](=O)[O-])c2ccccc21. The zero-order valence-electron chi connectivity index (χ0n) is 8.66. The van der Waals surface area contributed by atoms with E-state index in [2.05, 4.69) is 0 Å². The molecule has 0 unspecified atom stereocenters. The van der Waals surface area contributed by atoms with Gasteiger partial charge in [0.1, 0.15) is 7.11 Å². The molecule has 1 aromatic carbocycles. The summed E-state index contributed by atoms with van der Waals surface area (Å²) in [5.74, 6) is 0. The molecule has 2 rings (SSSR count). The summed E-state index contributed by atoms with van der Waals surface area (Å²) in [6.45, 7) is 0. The van der Waals surface area contributed by atoms with Gasteiger partial charge in [-0.3, -0.25) is 10.1 Å².